The minimum Gasteiger partial charge on any atom is -0.490 e. The highest BCUT2D eigenvalue weighted by Gasteiger charge is 2.13. The van der Waals surface area contributed by atoms with Crippen molar-refractivity contribution in [3.63, 3.8) is 0 Å². The fourth-order valence-corrected chi connectivity index (χ4v) is 5.96. The van der Waals surface area contributed by atoms with E-state index < -0.39 is 0 Å². The number of amides is 1. The van der Waals surface area contributed by atoms with Crippen LogP contribution in [0.4, 0.5) is 10.8 Å². The quantitative estimate of drug-likeness (QED) is 0.0793. The summed E-state index contributed by atoms with van der Waals surface area (Å²) in [5, 5.41) is 11.8. The van der Waals surface area contributed by atoms with Gasteiger partial charge in [-0.15, -0.1) is 11.3 Å². The summed E-state index contributed by atoms with van der Waals surface area (Å²) in [5.74, 6) is 0.835. The van der Waals surface area contributed by atoms with Gasteiger partial charge in [-0.1, -0.05) is 53.0 Å². The molecule has 0 aliphatic rings. The van der Waals surface area contributed by atoms with E-state index in [0.717, 1.165) is 36.8 Å². The van der Waals surface area contributed by atoms with Crippen molar-refractivity contribution < 1.29 is 14.3 Å². The summed E-state index contributed by atoms with van der Waals surface area (Å²) in [5.41, 5.74) is 7.27. The number of hydrogen-bond acceptors (Lipinski definition) is 7. The topological polar surface area (TPSA) is 84.8 Å². The van der Waals surface area contributed by atoms with Crippen molar-refractivity contribution in [2.24, 2.45) is 5.10 Å². The van der Waals surface area contributed by atoms with E-state index in [-0.39, 0.29) is 5.91 Å². The molecule has 1 aromatic heterocycles. The number of hydrogen-bond donors (Lipinski definition) is 2. The molecule has 5 rings (SSSR count). The van der Waals surface area contributed by atoms with Gasteiger partial charge in [0.25, 0.3) is 5.91 Å². The van der Waals surface area contributed by atoms with Crippen LogP contribution in [0.25, 0.3) is 11.3 Å². The van der Waals surface area contributed by atoms with E-state index in [9.17, 15) is 4.79 Å². The number of halogens is 4. The Morgan fingerprint density at radius 3 is 2.48 bits per heavy atom. The van der Waals surface area contributed by atoms with Gasteiger partial charge in [0.1, 0.15) is 6.61 Å². The number of nitrogens with zero attached hydrogens (tertiary/aromatic N) is 2. The molecule has 12 heteroatoms. The number of ether oxygens (including phenoxy) is 2. The largest absolute Gasteiger partial charge is 0.490 e. The molecule has 1 heterocycles. The molecule has 0 fully saturated rings. The molecule has 0 bridgehead atoms. The van der Waals surface area contributed by atoms with Gasteiger partial charge in [-0.3, -0.25) is 4.79 Å². The summed E-state index contributed by atoms with van der Waals surface area (Å²) >= 11 is 21.8. The molecule has 0 saturated heterocycles. The highest BCUT2D eigenvalue weighted by molar-refractivity contribution is 14.1. The first-order valence-corrected chi connectivity index (χ1v) is 16.3. The van der Waals surface area contributed by atoms with Gasteiger partial charge in [0.05, 0.1) is 32.1 Å². The number of rotatable bonds is 11. The van der Waals surface area contributed by atoms with Crippen molar-refractivity contribution in [3.05, 3.63) is 120 Å². The molecular weight excluding hydrogens is 754 g/mol. The molecule has 0 saturated carbocycles. The monoisotopic (exact) mass is 776 g/mol. The van der Waals surface area contributed by atoms with Gasteiger partial charge in [0.2, 0.25) is 0 Å². The molecule has 4 aromatic carbocycles. The second-order valence-corrected chi connectivity index (χ2v) is 12.5. The van der Waals surface area contributed by atoms with Gasteiger partial charge in [-0.05, 0) is 101 Å². The van der Waals surface area contributed by atoms with Crippen LogP contribution in [0, 0.1) is 3.57 Å². The Bertz CT molecular complexity index is 1800. The van der Waals surface area contributed by atoms with Gasteiger partial charge >= 0.3 is 0 Å². The lowest BCUT2D eigenvalue weighted by Crippen LogP contribution is -2.17. The number of nitrogens with one attached hydrogen (secondary N) is 2. The van der Waals surface area contributed by atoms with Crippen LogP contribution in [0.2, 0.25) is 15.1 Å². The normalized spacial score (nSPS) is 11.0. The van der Waals surface area contributed by atoms with E-state index in [4.69, 9.17) is 44.3 Å². The Kier molecular flexibility index (Phi) is 11.0. The van der Waals surface area contributed by atoms with Crippen LogP contribution in [0.15, 0.2) is 89.3 Å². The summed E-state index contributed by atoms with van der Waals surface area (Å²) in [6, 6.07) is 23.7. The van der Waals surface area contributed by atoms with E-state index in [1.807, 2.05) is 66.9 Å². The SMILES string of the molecule is CCOc1cc(/C=N\NC(=O)c2ccc(-c3csc(Nc4ccc(Cl)cc4)n3)cc2)cc(I)c1OCc1ccc(Cl)c(Cl)c1. The summed E-state index contributed by atoms with van der Waals surface area (Å²) in [6.45, 7) is 2.64. The van der Waals surface area contributed by atoms with Crippen LogP contribution in [-0.2, 0) is 6.61 Å². The average Bonchev–Trinajstić information content (AvgIpc) is 3.48. The van der Waals surface area contributed by atoms with E-state index >= 15 is 0 Å². The van der Waals surface area contributed by atoms with E-state index in [1.165, 1.54) is 11.3 Å². The predicted molar refractivity (Wildman–Crippen MR) is 188 cm³/mol. The third-order valence-electron chi connectivity index (χ3n) is 6.12. The number of anilines is 2. The van der Waals surface area contributed by atoms with Gasteiger partial charge in [0, 0.05) is 27.2 Å². The first-order valence-electron chi connectivity index (χ1n) is 13.2. The first-order chi connectivity index (χ1) is 21.3. The number of carbonyl (C=O) groups excluding carboxylic acids is 1. The van der Waals surface area contributed by atoms with E-state index in [2.05, 4.69) is 43.4 Å². The second-order valence-electron chi connectivity index (χ2n) is 9.25. The Labute approximate surface area is 287 Å². The number of hydrazone groups is 1. The fraction of sp³-hybridized carbons (Fsp3) is 0.0938. The minimum absolute atomic E-state index is 0.291. The first kappa shape index (κ1) is 32.1. The zero-order valence-electron chi connectivity index (χ0n) is 23.1. The third kappa shape index (κ3) is 8.42. The fourth-order valence-electron chi connectivity index (χ4n) is 3.99. The van der Waals surface area contributed by atoms with Gasteiger partial charge in [-0.2, -0.15) is 5.10 Å². The number of benzene rings is 4. The molecule has 0 aliphatic carbocycles. The molecule has 0 atom stereocenters. The third-order valence-corrected chi connectivity index (χ3v) is 8.67. The molecule has 7 nitrogen and oxygen atoms in total. The van der Waals surface area contributed by atoms with Crippen LogP contribution in [0.3, 0.4) is 0 Å². The zero-order chi connectivity index (χ0) is 31.1. The highest BCUT2D eigenvalue weighted by Crippen LogP contribution is 2.35. The lowest BCUT2D eigenvalue weighted by atomic mass is 10.1. The molecular formula is C32H24Cl3IN4O3S. The minimum atomic E-state index is -0.336. The second kappa shape index (κ2) is 15.1. The standard InChI is InChI=1S/C32H24Cl3IN4O3S/c1-2-42-29-15-20(14-27(36)30(29)43-17-19-3-12-25(34)26(35)13-19)16-37-40-31(41)22-6-4-21(5-7-22)28-18-44-32(39-28)38-24-10-8-23(33)9-11-24/h3-16,18H,2,17H2,1H3,(H,38,39)(H,40,41)/b37-16-. The maximum absolute atomic E-state index is 12.7. The van der Waals surface area contributed by atoms with Crippen LogP contribution in [0.1, 0.15) is 28.4 Å². The molecule has 5 aromatic rings. The Hall–Kier alpha value is -3.35. The lowest BCUT2D eigenvalue weighted by molar-refractivity contribution is 0.0955. The van der Waals surface area contributed by atoms with Crippen molar-refractivity contribution >= 4 is 91.7 Å². The van der Waals surface area contributed by atoms with Crippen molar-refractivity contribution in [1.82, 2.24) is 10.4 Å². The van der Waals surface area contributed by atoms with Crippen LogP contribution >= 0.6 is 68.7 Å². The van der Waals surface area contributed by atoms with Crippen LogP contribution in [-0.4, -0.2) is 23.7 Å². The Morgan fingerprint density at radius 1 is 0.977 bits per heavy atom. The molecule has 224 valence electrons. The van der Waals surface area contributed by atoms with E-state index in [1.54, 1.807) is 30.5 Å². The predicted octanol–water partition coefficient (Wildman–Crippen LogP) is 9.86. The highest BCUT2D eigenvalue weighted by atomic mass is 127. The Morgan fingerprint density at radius 2 is 1.75 bits per heavy atom. The molecule has 0 radical (unpaired) electrons. The van der Waals surface area contributed by atoms with Gasteiger partial charge < -0.3 is 14.8 Å². The van der Waals surface area contributed by atoms with Crippen molar-refractivity contribution in [1.29, 1.82) is 0 Å². The maximum atomic E-state index is 12.7. The van der Waals surface area contributed by atoms with Crippen LogP contribution in [0.5, 0.6) is 11.5 Å². The summed E-state index contributed by atoms with van der Waals surface area (Å²) in [4.78, 5) is 17.4. The molecule has 1 amide bonds. The average molecular weight is 778 g/mol. The number of aromatic nitrogens is 1. The summed E-state index contributed by atoms with van der Waals surface area (Å²) < 4.78 is 12.7. The van der Waals surface area contributed by atoms with Gasteiger partial charge in [0.15, 0.2) is 16.6 Å². The summed E-state index contributed by atoms with van der Waals surface area (Å²) in [7, 11) is 0. The Balaban J connectivity index is 1.20. The van der Waals surface area contributed by atoms with Crippen molar-refractivity contribution in [3.8, 4) is 22.8 Å². The smallest absolute Gasteiger partial charge is 0.271 e. The zero-order valence-corrected chi connectivity index (χ0v) is 28.4. The van der Waals surface area contributed by atoms with Crippen molar-refractivity contribution in [2.75, 3.05) is 11.9 Å². The molecule has 0 unspecified atom stereocenters. The van der Waals surface area contributed by atoms with Gasteiger partial charge in [-0.25, -0.2) is 10.4 Å². The van der Waals surface area contributed by atoms with Crippen LogP contribution < -0.4 is 20.2 Å². The lowest BCUT2D eigenvalue weighted by Gasteiger charge is -2.15. The van der Waals surface area contributed by atoms with Crippen molar-refractivity contribution in [2.45, 2.75) is 13.5 Å². The molecule has 0 aliphatic heterocycles. The number of carbonyl (C=O) groups is 1. The molecule has 0 spiro atoms. The van der Waals surface area contributed by atoms with E-state index in [0.29, 0.717) is 45.3 Å². The molecule has 2 N–H and O–H groups in total. The maximum Gasteiger partial charge on any atom is 0.271 e. The summed E-state index contributed by atoms with van der Waals surface area (Å²) in [6.07, 6.45) is 1.56. The molecule has 44 heavy (non-hydrogen) atoms. The number of thiazole rings is 1.